The molecule has 23 heavy (non-hydrogen) atoms. The Bertz CT molecular complexity index is 839. The number of amides is 1. The van der Waals surface area contributed by atoms with E-state index >= 15 is 0 Å². The number of H-pyrrole nitrogens is 1. The fourth-order valence-electron chi connectivity index (χ4n) is 2.51. The number of aryl methyl sites for hydroxylation is 2. The van der Waals surface area contributed by atoms with E-state index in [0.29, 0.717) is 18.8 Å². The van der Waals surface area contributed by atoms with Crippen LogP contribution in [0, 0.1) is 13.8 Å². The molecule has 5 heteroatoms. The number of fused-ring (bicyclic) bond motifs is 1. The van der Waals surface area contributed by atoms with Crippen LogP contribution in [0.25, 0.3) is 10.9 Å². The lowest BCUT2D eigenvalue weighted by Crippen LogP contribution is -2.28. The van der Waals surface area contributed by atoms with E-state index in [4.69, 9.17) is 4.74 Å². The van der Waals surface area contributed by atoms with E-state index < -0.39 is 0 Å². The van der Waals surface area contributed by atoms with Gasteiger partial charge in [0.2, 0.25) is 0 Å². The lowest BCUT2D eigenvalue weighted by atomic mass is 10.1. The third-order valence-electron chi connectivity index (χ3n) is 3.66. The van der Waals surface area contributed by atoms with E-state index in [1.54, 1.807) is 0 Å². The Hall–Kier alpha value is -2.82. The molecule has 0 atom stereocenters. The molecule has 1 heterocycles. The second-order valence-electron chi connectivity index (χ2n) is 5.49. The number of carbonyl (C=O) groups is 1. The van der Waals surface area contributed by atoms with E-state index in [9.17, 15) is 4.79 Å². The maximum Gasteiger partial charge on any atom is 0.272 e. The number of hydrogen-bond donors (Lipinski definition) is 2. The van der Waals surface area contributed by atoms with Crippen LogP contribution in [0.15, 0.2) is 42.5 Å². The van der Waals surface area contributed by atoms with Gasteiger partial charge in [0.15, 0.2) is 5.69 Å². The van der Waals surface area contributed by atoms with Crippen molar-refractivity contribution in [3.63, 3.8) is 0 Å². The summed E-state index contributed by atoms with van der Waals surface area (Å²) in [5.41, 5.74) is 3.56. The normalized spacial score (nSPS) is 10.7. The molecule has 2 aromatic carbocycles. The fraction of sp³-hybridized carbons (Fsp3) is 0.222. The van der Waals surface area contributed by atoms with Gasteiger partial charge in [-0.1, -0.05) is 35.9 Å². The second-order valence-corrected chi connectivity index (χ2v) is 5.49. The quantitative estimate of drug-likeness (QED) is 0.712. The molecule has 3 rings (SSSR count). The first-order valence-corrected chi connectivity index (χ1v) is 7.56. The van der Waals surface area contributed by atoms with Crippen molar-refractivity contribution in [1.82, 2.24) is 15.5 Å². The first-order chi connectivity index (χ1) is 11.1. The Morgan fingerprint density at radius 3 is 2.87 bits per heavy atom. The number of aromatic amines is 1. The number of para-hydroxylation sites is 1. The summed E-state index contributed by atoms with van der Waals surface area (Å²) >= 11 is 0. The average molecular weight is 309 g/mol. The molecular weight excluding hydrogens is 290 g/mol. The number of nitrogens with one attached hydrogen (secondary N) is 2. The Morgan fingerprint density at radius 1 is 1.22 bits per heavy atom. The summed E-state index contributed by atoms with van der Waals surface area (Å²) in [7, 11) is 0. The van der Waals surface area contributed by atoms with Crippen LogP contribution in [0.4, 0.5) is 0 Å². The van der Waals surface area contributed by atoms with Gasteiger partial charge in [-0.15, -0.1) is 0 Å². The van der Waals surface area contributed by atoms with Crippen molar-refractivity contribution in [2.45, 2.75) is 13.8 Å². The Morgan fingerprint density at radius 2 is 2.04 bits per heavy atom. The number of ether oxygens (including phenoxy) is 1. The van der Waals surface area contributed by atoms with Gasteiger partial charge in [0.1, 0.15) is 12.4 Å². The van der Waals surface area contributed by atoms with Gasteiger partial charge in [-0.2, -0.15) is 5.10 Å². The smallest absolute Gasteiger partial charge is 0.272 e. The van der Waals surface area contributed by atoms with E-state index in [1.165, 1.54) is 5.56 Å². The molecule has 0 aliphatic heterocycles. The summed E-state index contributed by atoms with van der Waals surface area (Å²) in [5.74, 6) is 0.641. The lowest BCUT2D eigenvalue weighted by molar-refractivity contribution is 0.0943. The molecule has 2 N–H and O–H groups in total. The molecule has 0 radical (unpaired) electrons. The maximum absolute atomic E-state index is 12.2. The third-order valence-corrected chi connectivity index (χ3v) is 3.66. The SMILES string of the molecule is Cc1ccc(OCCNC(=O)c2n[nH]c3ccccc23)c(C)c1. The fourth-order valence-corrected chi connectivity index (χ4v) is 2.51. The van der Waals surface area contributed by atoms with Gasteiger partial charge < -0.3 is 10.1 Å². The van der Waals surface area contributed by atoms with E-state index in [1.807, 2.05) is 50.2 Å². The predicted molar refractivity (Wildman–Crippen MR) is 89.8 cm³/mol. The van der Waals surface area contributed by atoms with Gasteiger partial charge in [0.25, 0.3) is 5.91 Å². The van der Waals surface area contributed by atoms with Crippen molar-refractivity contribution in [2.24, 2.45) is 0 Å². The zero-order valence-corrected chi connectivity index (χ0v) is 13.2. The highest BCUT2D eigenvalue weighted by molar-refractivity contribution is 6.04. The van der Waals surface area contributed by atoms with Gasteiger partial charge in [0.05, 0.1) is 12.1 Å². The zero-order valence-electron chi connectivity index (χ0n) is 13.2. The van der Waals surface area contributed by atoms with Crippen molar-refractivity contribution >= 4 is 16.8 Å². The average Bonchev–Trinajstić information content (AvgIpc) is 2.97. The van der Waals surface area contributed by atoms with E-state index in [-0.39, 0.29) is 5.91 Å². The van der Waals surface area contributed by atoms with Gasteiger partial charge in [0, 0.05) is 5.39 Å². The summed E-state index contributed by atoms with van der Waals surface area (Å²) in [6.45, 7) is 4.90. The summed E-state index contributed by atoms with van der Waals surface area (Å²) < 4.78 is 5.70. The van der Waals surface area contributed by atoms with Crippen molar-refractivity contribution in [3.8, 4) is 5.75 Å². The molecular formula is C18H19N3O2. The number of hydrogen-bond acceptors (Lipinski definition) is 3. The van der Waals surface area contributed by atoms with Crippen molar-refractivity contribution in [3.05, 3.63) is 59.3 Å². The van der Waals surface area contributed by atoms with Crippen molar-refractivity contribution in [2.75, 3.05) is 13.2 Å². The largest absolute Gasteiger partial charge is 0.491 e. The van der Waals surface area contributed by atoms with Gasteiger partial charge >= 0.3 is 0 Å². The van der Waals surface area contributed by atoms with Crippen molar-refractivity contribution < 1.29 is 9.53 Å². The topological polar surface area (TPSA) is 67.0 Å². The minimum atomic E-state index is -0.202. The highest BCUT2D eigenvalue weighted by Crippen LogP contribution is 2.18. The van der Waals surface area contributed by atoms with Crippen LogP contribution in [0.5, 0.6) is 5.75 Å². The molecule has 1 amide bonds. The molecule has 0 fully saturated rings. The maximum atomic E-state index is 12.2. The molecule has 0 aliphatic rings. The standard InChI is InChI=1S/C18H19N3O2/c1-12-7-8-16(13(2)11-12)23-10-9-19-18(22)17-14-5-3-4-6-15(14)20-21-17/h3-8,11H,9-10H2,1-2H3,(H,19,22)(H,20,21). The van der Waals surface area contributed by atoms with E-state index in [0.717, 1.165) is 22.2 Å². The number of aromatic nitrogens is 2. The molecule has 0 saturated carbocycles. The number of rotatable bonds is 5. The summed E-state index contributed by atoms with van der Waals surface area (Å²) in [6, 6.07) is 13.6. The minimum absolute atomic E-state index is 0.202. The monoisotopic (exact) mass is 309 g/mol. The summed E-state index contributed by atoms with van der Waals surface area (Å²) in [4.78, 5) is 12.2. The zero-order chi connectivity index (χ0) is 16.2. The minimum Gasteiger partial charge on any atom is -0.491 e. The molecule has 0 saturated heterocycles. The van der Waals surface area contributed by atoms with Crippen LogP contribution in [0.3, 0.4) is 0 Å². The van der Waals surface area contributed by atoms with Crippen LogP contribution >= 0.6 is 0 Å². The van der Waals surface area contributed by atoms with E-state index in [2.05, 4.69) is 21.6 Å². The number of benzene rings is 2. The highest BCUT2D eigenvalue weighted by Gasteiger charge is 2.13. The molecule has 1 aromatic heterocycles. The van der Waals surface area contributed by atoms with Crippen LogP contribution in [0.2, 0.25) is 0 Å². The third kappa shape index (κ3) is 3.34. The van der Waals surface area contributed by atoms with Crippen LogP contribution < -0.4 is 10.1 Å². The molecule has 3 aromatic rings. The first-order valence-electron chi connectivity index (χ1n) is 7.56. The second kappa shape index (κ2) is 6.52. The van der Waals surface area contributed by atoms with Crippen LogP contribution in [0.1, 0.15) is 21.6 Å². The van der Waals surface area contributed by atoms with Crippen LogP contribution in [-0.2, 0) is 0 Å². The Balaban J connectivity index is 1.55. The first kappa shape index (κ1) is 15.1. The van der Waals surface area contributed by atoms with Crippen LogP contribution in [-0.4, -0.2) is 29.3 Å². The molecule has 0 bridgehead atoms. The number of nitrogens with zero attached hydrogens (tertiary/aromatic N) is 1. The highest BCUT2D eigenvalue weighted by atomic mass is 16.5. The number of carbonyl (C=O) groups excluding carboxylic acids is 1. The molecule has 0 spiro atoms. The summed E-state index contributed by atoms with van der Waals surface area (Å²) in [6.07, 6.45) is 0. The predicted octanol–water partition coefficient (Wildman–Crippen LogP) is 2.99. The molecule has 0 aliphatic carbocycles. The van der Waals surface area contributed by atoms with Crippen molar-refractivity contribution in [1.29, 1.82) is 0 Å². The molecule has 5 nitrogen and oxygen atoms in total. The van der Waals surface area contributed by atoms with Gasteiger partial charge in [-0.05, 0) is 31.5 Å². The van der Waals surface area contributed by atoms with Gasteiger partial charge in [-0.3, -0.25) is 9.89 Å². The molecule has 0 unspecified atom stereocenters. The Kier molecular flexibility index (Phi) is 4.28. The molecule has 118 valence electrons. The summed E-state index contributed by atoms with van der Waals surface area (Å²) in [5, 5.41) is 10.6. The lowest BCUT2D eigenvalue weighted by Gasteiger charge is -2.10. The van der Waals surface area contributed by atoms with Gasteiger partial charge in [-0.25, -0.2) is 0 Å². The Labute approximate surface area is 134 Å².